The fourth-order valence-corrected chi connectivity index (χ4v) is 3.07. The second kappa shape index (κ2) is 8.57. The van der Waals surface area contributed by atoms with E-state index in [9.17, 15) is 9.18 Å². The molecule has 2 aromatic rings. The lowest BCUT2D eigenvalue weighted by molar-refractivity contribution is 0.0589. The van der Waals surface area contributed by atoms with Crippen molar-refractivity contribution in [3.05, 3.63) is 52.9 Å². The van der Waals surface area contributed by atoms with Gasteiger partial charge in [-0.3, -0.25) is 4.79 Å². The quantitative estimate of drug-likeness (QED) is 0.759. The molecule has 1 aliphatic heterocycles. The number of hydrogen-bond donors (Lipinski definition) is 0. The number of amides is 1. The first-order valence-corrected chi connectivity index (χ1v) is 9.34. The topological polar surface area (TPSA) is 51.7 Å². The van der Waals surface area contributed by atoms with E-state index in [1.165, 1.54) is 12.3 Å². The van der Waals surface area contributed by atoms with E-state index in [1.807, 2.05) is 12.1 Å². The highest BCUT2D eigenvalue weighted by atomic mass is 35.5. The molecule has 1 amide bonds. The number of likely N-dealkylation sites (tertiary alicyclic amines) is 1. The Bertz CT molecular complexity index is 790. The van der Waals surface area contributed by atoms with Crippen LogP contribution in [0.15, 0.2) is 36.5 Å². The van der Waals surface area contributed by atoms with E-state index in [0.29, 0.717) is 31.0 Å². The molecule has 3 rings (SSSR count). The first-order chi connectivity index (χ1) is 12.9. The minimum atomic E-state index is -0.712. The summed E-state index contributed by atoms with van der Waals surface area (Å²) in [6, 6.07) is 8.59. The summed E-state index contributed by atoms with van der Waals surface area (Å²) in [6.07, 6.45) is 2.53. The molecule has 5 nitrogen and oxygen atoms in total. The van der Waals surface area contributed by atoms with E-state index in [2.05, 4.69) is 4.98 Å². The molecule has 144 valence electrons. The van der Waals surface area contributed by atoms with Gasteiger partial charge in [-0.25, -0.2) is 9.37 Å². The van der Waals surface area contributed by atoms with E-state index in [0.717, 1.165) is 5.75 Å². The molecule has 1 saturated heterocycles. The third kappa shape index (κ3) is 4.89. The summed E-state index contributed by atoms with van der Waals surface area (Å²) in [5.41, 5.74) is -0.0160. The number of halogens is 2. The molecule has 0 atom stereocenters. The summed E-state index contributed by atoms with van der Waals surface area (Å²) >= 11 is 5.87. The molecule has 0 aliphatic carbocycles. The van der Waals surface area contributed by atoms with E-state index in [-0.39, 0.29) is 29.6 Å². The average molecular weight is 393 g/mol. The standard InChI is InChI=1S/C20H22ClFN2O3/c1-13(2)26-19-18(22)17(7-10-23-19)20(25)24-11-8-16(9-12-24)27-15-5-3-14(21)4-6-15/h3-7,10,13,16H,8-9,11-12H2,1-2H3. The molecule has 7 heteroatoms. The van der Waals surface area contributed by atoms with Gasteiger partial charge in [0, 0.05) is 37.2 Å². The molecule has 0 bridgehead atoms. The summed E-state index contributed by atoms with van der Waals surface area (Å²) in [6.45, 7) is 4.56. The Balaban J connectivity index is 1.61. The van der Waals surface area contributed by atoms with Crippen LogP contribution in [0.1, 0.15) is 37.0 Å². The van der Waals surface area contributed by atoms with Gasteiger partial charge in [0.05, 0.1) is 11.7 Å². The normalized spacial score (nSPS) is 15.1. The molecule has 0 unspecified atom stereocenters. The van der Waals surface area contributed by atoms with Gasteiger partial charge in [0.2, 0.25) is 0 Å². The minimum absolute atomic E-state index is 0.0114. The maximum atomic E-state index is 14.6. The van der Waals surface area contributed by atoms with Gasteiger partial charge in [-0.15, -0.1) is 0 Å². The molecule has 1 aliphatic rings. The number of benzene rings is 1. The van der Waals surface area contributed by atoms with Gasteiger partial charge in [0.25, 0.3) is 11.8 Å². The molecule has 2 heterocycles. The molecular formula is C20H22ClFN2O3. The zero-order valence-corrected chi connectivity index (χ0v) is 16.1. The minimum Gasteiger partial charge on any atom is -0.490 e. The largest absolute Gasteiger partial charge is 0.490 e. The van der Waals surface area contributed by atoms with Crippen LogP contribution in [0.2, 0.25) is 5.02 Å². The van der Waals surface area contributed by atoms with Crippen LogP contribution in [0.25, 0.3) is 0 Å². The Morgan fingerprint density at radius 2 is 1.89 bits per heavy atom. The van der Waals surface area contributed by atoms with Crippen molar-refractivity contribution in [1.29, 1.82) is 0 Å². The fourth-order valence-electron chi connectivity index (χ4n) is 2.95. The summed E-state index contributed by atoms with van der Waals surface area (Å²) in [7, 11) is 0. The smallest absolute Gasteiger partial charge is 0.257 e. The Hall–Kier alpha value is -2.34. The van der Waals surface area contributed by atoms with Crippen LogP contribution >= 0.6 is 11.6 Å². The molecule has 0 N–H and O–H groups in total. The van der Waals surface area contributed by atoms with Crippen molar-refractivity contribution >= 4 is 17.5 Å². The molecular weight excluding hydrogens is 371 g/mol. The zero-order chi connectivity index (χ0) is 19.4. The van der Waals surface area contributed by atoms with E-state index in [1.54, 1.807) is 30.9 Å². The average Bonchev–Trinajstić information content (AvgIpc) is 2.65. The maximum absolute atomic E-state index is 14.6. The predicted molar refractivity (Wildman–Crippen MR) is 101 cm³/mol. The van der Waals surface area contributed by atoms with Crippen molar-refractivity contribution in [3.63, 3.8) is 0 Å². The molecule has 27 heavy (non-hydrogen) atoms. The highest BCUT2D eigenvalue weighted by Gasteiger charge is 2.27. The molecule has 0 saturated carbocycles. The monoisotopic (exact) mass is 392 g/mol. The molecule has 1 aromatic carbocycles. The lowest BCUT2D eigenvalue weighted by Crippen LogP contribution is -2.42. The van der Waals surface area contributed by atoms with Crippen LogP contribution in [0.5, 0.6) is 11.6 Å². The number of rotatable bonds is 5. The third-order valence-corrected chi connectivity index (χ3v) is 4.53. The highest BCUT2D eigenvalue weighted by molar-refractivity contribution is 6.30. The van der Waals surface area contributed by atoms with Crippen molar-refractivity contribution in [2.24, 2.45) is 0 Å². The van der Waals surface area contributed by atoms with Gasteiger partial charge in [0.1, 0.15) is 11.9 Å². The lowest BCUT2D eigenvalue weighted by Gasteiger charge is -2.32. The number of nitrogens with zero attached hydrogens (tertiary/aromatic N) is 2. The van der Waals surface area contributed by atoms with Crippen molar-refractivity contribution in [3.8, 4) is 11.6 Å². The Kier molecular flexibility index (Phi) is 6.16. The van der Waals surface area contributed by atoms with Gasteiger partial charge in [-0.2, -0.15) is 0 Å². The van der Waals surface area contributed by atoms with E-state index >= 15 is 0 Å². The van der Waals surface area contributed by atoms with Crippen molar-refractivity contribution < 1.29 is 18.7 Å². The van der Waals surface area contributed by atoms with Crippen LogP contribution in [0.3, 0.4) is 0 Å². The van der Waals surface area contributed by atoms with Crippen LogP contribution in [-0.2, 0) is 0 Å². The summed E-state index contributed by atoms with van der Waals surface area (Å²) < 4.78 is 25.8. The number of hydrogen-bond acceptors (Lipinski definition) is 4. The zero-order valence-electron chi connectivity index (χ0n) is 15.3. The Labute approximate surface area is 163 Å². The maximum Gasteiger partial charge on any atom is 0.257 e. The van der Waals surface area contributed by atoms with Gasteiger partial charge in [-0.05, 0) is 44.2 Å². The predicted octanol–water partition coefficient (Wildman–Crippen LogP) is 4.34. The van der Waals surface area contributed by atoms with Crippen LogP contribution in [-0.4, -0.2) is 41.1 Å². The highest BCUT2D eigenvalue weighted by Crippen LogP contribution is 2.24. The number of pyridine rings is 1. The first kappa shape index (κ1) is 19.4. The number of carbonyl (C=O) groups excluding carboxylic acids is 1. The molecule has 0 spiro atoms. The SMILES string of the molecule is CC(C)Oc1nccc(C(=O)N2CCC(Oc3ccc(Cl)cc3)CC2)c1F. The van der Waals surface area contributed by atoms with E-state index < -0.39 is 5.82 Å². The molecule has 0 radical (unpaired) electrons. The van der Waals surface area contributed by atoms with Crippen molar-refractivity contribution in [2.45, 2.75) is 38.9 Å². The van der Waals surface area contributed by atoms with Gasteiger partial charge in [0.15, 0.2) is 5.82 Å². The summed E-state index contributed by atoms with van der Waals surface area (Å²) in [4.78, 5) is 18.2. The Morgan fingerprint density at radius 3 is 2.52 bits per heavy atom. The van der Waals surface area contributed by atoms with Gasteiger partial charge < -0.3 is 14.4 Å². The fraction of sp³-hybridized carbons (Fsp3) is 0.400. The number of carbonyl (C=O) groups is 1. The van der Waals surface area contributed by atoms with Crippen molar-refractivity contribution in [1.82, 2.24) is 9.88 Å². The first-order valence-electron chi connectivity index (χ1n) is 8.96. The molecule has 1 aromatic heterocycles. The number of piperidine rings is 1. The lowest BCUT2D eigenvalue weighted by atomic mass is 10.1. The Morgan fingerprint density at radius 1 is 1.22 bits per heavy atom. The van der Waals surface area contributed by atoms with Gasteiger partial charge in [-0.1, -0.05) is 11.6 Å². The summed E-state index contributed by atoms with van der Waals surface area (Å²) in [5, 5.41) is 0.656. The van der Waals surface area contributed by atoms with Crippen LogP contribution < -0.4 is 9.47 Å². The third-order valence-electron chi connectivity index (χ3n) is 4.28. The second-order valence-corrected chi connectivity index (χ2v) is 7.14. The summed E-state index contributed by atoms with van der Waals surface area (Å²) in [5.74, 6) is -0.458. The van der Waals surface area contributed by atoms with Crippen molar-refractivity contribution in [2.75, 3.05) is 13.1 Å². The second-order valence-electron chi connectivity index (χ2n) is 6.71. The van der Waals surface area contributed by atoms with Crippen LogP contribution in [0, 0.1) is 5.82 Å². The number of aromatic nitrogens is 1. The van der Waals surface area contributed by atoms with E-state index in [4.69, 9.17) is 21.1 Å². The molecule has 1 fully saturated rings. The van der Waals surface area contributed by atoms with Crippen LogP contribution in [0.4, 0.5) is 4.39 Å². The van der Waals surface area contributed by atoms with Gasteiger partial charge >= 0.3 is 0 Å². The number of ether oxygens (including phenoxy) is 2.